The molecule has 1 rings (SSSR count). The molecule has 0 aromatic carbocycles. The maximum Gasteiger partial charge on any atom is 0.191 e. The molecule has 1 aromatic rings. The average Bonchev–Trinajstić information content (AvgIpc) is 2.99. The minimum absolute atomic E-state index is 0.484. The summed E-state index contributed by atoms with van der Waals surface area (Å²) in [6, 6.07) is 0.484. The summed E-state index contributed by atoms with van der Waals surface area (Å²) in [6.07, 6.45) is 2.67. The van der Waals surface area contributed by atoms with Gasteiger partial charge in [0, 0.05) is 39.1 Å². The summed E-state index contributed by atoms with van der Waals surface area (Å²) >= 11 is 0. The van der Waals surface area contributed by atoms with Gasteiger partial charge in [-0.25, -0.2) is 0 Å². The summed E-state index contributed by atoms with van der Waals surface area (Å²) in [5.41, 5.74) is 0. The molecular formula is C15H31N7. The fourth-order valence-corrected chi connectivity index (χ4v) is 2.48. The fraction of sp³-hybridized carbons (Fsp3) is 0.800. The van der Waals surface area contributed by atoms with E-state index >= 15 is 0 Å². The molecule has 0 radical (unpaired) electrons. The Hall–Kier alpha value is -1.63. The highest BCUT2D eigenvalue weighted by atomic mass is 15.3. The maximum absolute atomic E-state index is 4.27. The Morgan fingerprint density at radius 3 is 2.64 bits per heavy atom. The summed E-state index contributed by atoms with van der Waals surface area (Å²) in [5.74, 6) is 1.85. The minimum Gasteiger partial charge on any atom is -0.355 e. The van der Waals surface area contributed by atoms with Crippen molar-refractivity contribution in [3.05, 3.63) is 12.2 Å². The van der Waals surface area contributed by atoms with E-state index in [0.717, 1.165) is 50.9 Å². The first-order valence-electron chi connectivity index (χ1n) is 8.21. The molecule has 7 nitrogen and oxygen atoms in total. The van der Waals surface area contributed by atoms with Crippen LogP contribution in [0.4, 0.5) is 0 Å². The molecule has 0 bridgehead atoms. The van der Waals surface area contributed by atoms with Gasteiger partial charge in [-0.15, -0.1) is 10.2 Å². The van der Waals surface area contributed by atoms with Crippen LogP contribution in [-0.4, -0.2) is 64.9 Å². The first-order chi connectivity index (χ1) is 10.7. The van der Waals surface area contributed by atoms with Crippen LogP contribution in [0.1, 0.15) is 33.5 Å². The first kappa shape index (κ1) is 18.4. The molecule has 0 spiro atoms. The van der Waals surface area contributed by atoms with Crippen molar-refractivity contribution in [2.24, 2.45) is 4.99 Å². The van der Waals surface area contributed by atoms with E-state index < -0.39 is 0 Å². The van der Waals surface area contributed by atoms with Crippen LogP contribution in [0.5, 0.6) is 0 Å². The van der Waals surface area contributed by atoms with Crippen LogP contribution in [0.2, 0.25) is 0 Å². The van der Waals surface area contributed by atoms with Gasteiger partial charge in [-0.2, -0.15) is 0 Å². The summed E-state index contributed by atoms with van der Waals surface area (Å²) in [4.78, 5) is 6.69. The second-order valence-corrected chi connectivity index (χ2v) is 5.24. The molecule has 22 heavy (non-hydrogen) atoms. The average molecular weight is 309 g/mol. The number of hydrogen-bond donors (Lipinski definition) is 2. The van der Waals surface area contributed by atoms with Gasteiger partial charge in [0.2, 0.25) is 0 Å². The minimum atomic E-state index is 0.484. The van der Waals surface area contributed by atoms with Gasteiger partial charge < -0.3 is 15.2 Å². The second kappa shape index (κ2) is 10.2. The topological polar surface area (TPSA) is 70.4 Å². The van der Waals surface area contributed by atoms with Crippen molar-refractivity contribution >= 4 is 5.96 Å². The van der Waals surface area contributed by atoms with E-state index in [-0.39, 0.29) is 0 Å². The van der Waals surface area contributed by atoms with Crippen LogP contribution in [0.15, 0.2) is 11.3 Å². The Bertz CT molecular complexity index is 437. The third kappa shape index (κ3) is 5.63. The quantitative estimate of drug-likeness (QED) is 0.520. The lowest BCUT2D eigenvalue weighted by Crippen LogP contribution is -2.46. The lowest BCUT2D eigenvalue weighted by Gasteiger charge is -2.27. The lowest BCUT2D eigenvalue weighted by molar-refractivity contribution is 0.231. The standard InChI is InChI=1S/C15H31N7/c1-6-14-20-19-12-22(14)10-9-17-15(16-5)18-11-13(4)21(7-2)8-3/h12-13H,6-11H2,1-5H3,(H2,16,17,18). The van der Waals surface area contributed by atoms with E-state index in [1.165, 1.54) is 0 Å². The van der Waals surface area contributed by atoms with E-state index in [4.69, 9.17) is 0 Å². The van der Waals surface area contributed by atoms with E-state index in [9.17, 15) is 0 Å². The van der Waals surface area contributed by atoms with E-state index in [1.54, 1.807) is 13.4 Å². The zero-order valence-electron chi connectivity index (χ0n) is 14.6. The molecule has 0 fully saturated rings. The van der Waals surface area contributed by atoms with Crippen LogP contribution in [0.25, 0.3) is 0 Å². The van der Waals surface area contributed by atoms with Gasteiger partial charge in [0.15, 0.2) is 5.96 Å². The van der Waals surface area contributed by atoms with Crippen LogP contribution in [-0.2, 0) is 13.0 Å². The predicted molar refractivity (Wildman–Crippen MR) is 91.1 cm³/mol. The molecule has 0 saturated carbocycles. The van der Waals surface area contributed by atoms with Crippen molar-refractivity contribution in [3.63, 3.8) is 0 Å². The third-order valence-corrected chi connectivity index (χ3v) is 3.88. The van der Waals surface area contributed by atoms with E-state index in [0.29, 0.717) is 6.04 Å². The van der Waals surface area contributed by atoms with Crippen molar-refractivity contribution in [3.8, 4) is 0 Å². The second-order valence-electron chi connectivity index (χ2n) is 5.24. The van der Waals surface area contributed by atoms with Gasteiger partial charge in [0.05, 0.1) is 0 Å². The molecule has 1 heterocycles. The highest BCUT2D eigenvalue weighted by molar-refractivity contribution is 5.79. The number of nitrogens with one attached hydrogen (secondary N) is 2. The number of nitrogens with zero attached hydrogens (tertiary/aromatic N) is 5. The largest absolute Gasteiger partial charge is 0.355 e. The molecule has 7 heteroatoms. The van der Waals surface area contributed by atoms with Crippen molar-refractivity contribution in [1.29, 1.82) is 0 Å². The SMILES string of the molecule is CCc1nncn1CCNC(=NC)NCC(C)N(CC)CC. The molecule has 0 amide bonds. The molecule has 126 valence electrons. The number of aromatic nitrogens is 3. The fourth-order valence-electron chi connectivity index (χ4n) is 2.48. The Kier molecular flexibility index (Phi) is 8.50. The van der Waals surface area contributed by atoms with Crippen molar-refractivity contribution in [2.45, 2.75) is 46.7 Å². The Labute approximate surface area is 134 Å². The Morgan fingerprint density at radius 2 is 2.05 bits per heavy atom. The first-order valence-corrected chi connectivity index (χ1v) is 8.21. The molecule has 1 unspecified atom stereocenters. The van der Waals surface area contributed by atoms with E-state index in [2.05, 4.69) is 63.0 Å². The zero-order valence-corrected chi connectivity index (χ0v) is 14.6. The van der Waals surface area contributed by atoms with Crippen molar-refractivity contribution < 1.29 is 0 Å². The van der Waals surface area contributed by atoms with Crippen LogP contribution in [0, 0.1) is 0 Å². The summed E-state index contributed by atoms with van der Waals surface area (Å²) in [7, 11) is 1.80. The Morgan fingerprint density at radius 1 is 1.32 bits per heavy atom. The molecule has 0 saturated heterocycles. The van der Waals surface area contributed by atoms with Gasteiger partial charge in [-0.3, -0.25) is 9.89 Å². The van der Waals surface area contributed by atoms with Gasteiger partial charge >= 0.3 is 0 Å². The number of rotatable bonds is 9. The number of hydrogen-bond acceptors (Lipinski definition) is 4. The van der Waals surface area contributed by atoms with Crippen LogP contribution in [0.3, 0.4) is 0 Å². The zero-order chi connectivity index (χ0) is 16.4. The van der Waals surface area contributed by atoms with E-state index in [1.807, 2.05) is 0 Å². The highest BCUT2D eigenvalue weighted by Crippen LogP contribution is 1.96. The van der Waals surface area contributed by atoms with Gasteiger partial charge in [0.25, 0.3) is 0 Å². The van der Waals surface area contributed by atoms with Crippen LogP contribution >= 0.6 is 0 Å². The van der Waals surface area contributed by atoms with Gasteiger partial charge in [0.1, 0.15) is 12.2 Å². The summed E-state index contributed by atoms with van der Waals surface area (Å²) in [5, 5.41) is 14.7. The number of likely N-dealkylation sites (N-methyl/N-ethyl adjacent to an activating group) is 1. The molecule has 1 atom stereocenters. The molecule has 1 aromatic heterocycles. The highest BCUT2D eigenvalue weighted by Gasteiger charge is 2.10. The van der Waals surface area contributed by atoms with Crippen molar-refractivity contribution in [2.75, 3.05) is 33.2 Å². The number of guanidine groups is 1. The monoisotopic (exact) mass is 309 g/mol. The summed E-state index contributed by atoms with van der Waals surface area (Å²) in [6.45, 7) is 13.4. The molecule has 0 aliphatic rings. The predicted octanol–water partition coefficient (Wildman–Crippen LogP) is 0.736. The smallest absolute Gasteiger partial charge is 0.191 e. The summed E-state index contributed by atoms with van der Waals surface area (Å²) < 4.78 is 2.07. The molecule has 0 aliphatic carbocycles. The molecule has 2 N–H and O–H groups in total. The number of aliphatic imine (C=N–C) groups is 1. The molecule has 0 aliphatic heterocycles. The molecular weight excluding hydrogens is 278 g/mol. The maximum atomic E-state index is 4.27. The normalized spacial score (nSPS) is 13.5. The van der Waals surface area contributed by atoms with Crippen LogP contribution < -0.4 is 10.6 Å². The Balaban J connectivity index is 2.34. The van der Waals surface area contributed by atoms with Gasteiger partial charge in [-0.05, 0) is 20.0 Å². The third-order valence-electron chi connectivity index (χ3n) is 3.88. The van der Waals surface area contributed by atoms with Gasteiger partial charge in [-0.1, -0.05) is 20.8 Å². The lowest BCUT2D eigenvalue weighted by atomic mass is 10.3. The number of aryl methyl sites for hydroxylation is 1. The van der Waals surface area contributed by atoms with Crippen molar-refractivity contribution in [1.82, 2.24) is 30.3 Å².